The zero-order chi connectivity index (χ0) is 15.4. The molecule has 0 unspecified atom stereocenters. The maximum atomic E-state index is 13.5. The summed E-state index contributed by atoms with van der Waals surface area (Å²) in [4.78, 5) is 12.3. The molecule has 1 aromatic carbocycles. The number of phenols is 1. The van der Waals surface area contributed by atoms with E-state index in [1.165, 1.54) is 0 Å². The first-order chi connectivity index (χ1) is 9.29. The number of rotatable bonds is 5. The van der Waals surface area contributed by atoms with Gasteiger partial charge in [-0.25, -0.2) is 17.6 Å². The van der Waals surface area contributed by atoms with Gasteiger partial charge in [-0.1, -0.05) is 0 Å². The lowest BCUT2D eigenvalue weighted by molar-refractivity contribution is 0.0565. The largest absolute Gasteiger partial charge is 0.503 e. The highest BCUT2D eigenvalue weighted by Gasteiger charge is 2.27. The van der Waals surface area contributed by atoms with E-state index in [2.05, 4.69) is 0 Å². The van der Waals surface area contributed by atoms with Gasteiger partial charge in [-0.15, -0.1) is 11.6 Å². The van der Waals surface area contributed by atoms with Gasteiger partial charge in [-0.2, -0.15) is 4.39 Å². The van der Waals surface area contributed by atoms with Gasteiger partial charge in [0.1, 0.15) is 0 Å². The van der Waals surface area contributed by atoms with Crippen molar-refractivity contribution in [2.24, 2.45) is 0 Å². The normalized spacial score (nSPS) is 10.9. The van der Waals surface area contributed by atoms with E-state index < -0.39 is 47.6 Å². The van der Waals surface area contributed by atoms with Gasteiger partial charge in [0.25, 0.3) is 12.3 Å². The van der Waals surface area contributed by atoms with Crippen molar-refractivity contribution in [1.29, 1.82) is 0 Å². The van der Waals surface area contributed by atoms with Crippen molar-refractivity contribution < 1.29 is 31.9 Å². The number of hydrogen-bond acceptors (Lipinski definition) is 2. The predicted octanol–water partition coefficient (Wildman–Crippen LogP) is 2.76. The van der Waals surface area contributed by atoms with Crippen LogP contribution in [0.25, 0.3) is 0 Å². The minimum absolute atomic E-state index is 0.194. The van der Waals surface area contributed by atoms with Crippen molar-refractivity contribution in [3.8, 4) is 5.75 Å². The summed E-state index contributed by atoms with van der Waals surface area (Å²) in [6, 6.07) is 0.194. The van der Waals surface area contributed by atoms with Crippen LogP contribution in [0.15, 0.2) is 6.07 Å². The minimum Gasteiger partial charge on any atom is -0.503 e. The second kappa shape index (κ2) is 6.74. The Bertz CT molecular complexity index is 512. The molecular weight excluding hydrogens is 309 g/mol. The number of aromatic hydroxyl groups is 1. The first-order valence-electron chi connectivity index (χ1n) is 5.29. The number of carbonyl (C=O) groups excluding carboxylic acids is 1. The summed E-state index contributed by atoms with van der Waals surface area (Å²) < 4.78 is 64.0. The van der Waals surface area contributed by atoms with Crippen LogP contribution in [0.1, 0.15) is 10.4 Å². The third kappa shape index (κ3) is 3.50. The fraction of sp³-hybridized carbons (Fsp3) is 0.364. The van der Waals surface area contributed by atoms with Crippen molar-refractivity contribution in [3.05, 3.63) is 29.1 Å². The lowest BCUT2D eigenvalue weighted by Gasteiger charge is -2.21. The van der Waals surface area contributed by atoms with E-state index in [1.54, 1.807) is 0 Å². The van der Waals surface area contributed by atoms with Gasteiger partial charge in [-0.05, 0) is 6.07 Å². The Morgan fingerprint density at radius 3 is 2.40 bits per heavy atom. The van der Waals surface area contributed by atoms with Gasteiger partial charge in [-0.3, -0.25) is 4.79 Å². The molecule has 112 valence electrons. The highest BCUT2D eigenvalue weighted by molar-refractivity contribution is 6.18. The number of hydrogen-bond donors (Lipinski definition) is 1. The minimum atomic E-state index is -2.91. The standard InChI is InChI=1S/C11H9ClF5NO2/c12-1-2-18(4-7(14)15)11(20)5-3-6(13)9(17)10(19)8(5)16/h3,7,19H,1-2,4H2. The van der Waals surface area contributed by atoms with E-state index in [0.29, 0.717) is 4.90 Å². The molecule has 3 nitrogen and oxygen atoms in total. The van der Waals surface area contributed by atoms with Crippen LogP contribution in [0.4, 0.5) is 22.0 Å². The molecule has 1 rings (SSSR count). The molecule has 0 aliphatic rings. The number of halogens is 6. The molecule has 0 aliphatic carbocycles. The van der Waals surface area contributed by atoms with Crippen LogP contribution in [-0.4, -0.2) is 41.3 Å². The van der Waals surface area contributed by atoms with E-state index in [0.717, 1.165) is 0 Å². The summed E-state index contributed by atoms with van der Waals surface area (Å²) >= 11 is 5.32. The van der Waals surface area contributed by atoms with Crippen molar-refractivity contribution in [2.75, 3.05) is 19.0 Å². The van der Waals surface area contributed by atoms with Gasteiger partial charge in [0.05, 0.1) is 12.1 Å². The van der Waals surface area contributed by atoms with Crippen molar-refractivity contribution >= 4 is 17.5 Å². The fourth-order valence-electron chi connectivity index (χ4n) is 1.46. The lowest BCUT2D eigenvalue weighted by atomic mass is 10.1. The molecule has 0 spiro atoms. The second-order valence-electron chi connectivity index (χ2n) is 3.71. The molecule has 0 atom stereocenters. The average Bonchev–Trinajstić information content (AvgIpc) is 2.39. The fourth-order valence-corrected chi connectivity index (χ4v) is 1.66. The molecule has 1 N–H and O–H groups in total. The monoisotopic (exact) mass is 317 g/mol. The number of carbonyl (C=O) groups is 1. The molecule has 20 heavy (non-hydrogen) atoms. The Kier molecular flexibility index (Phi) is 5.55. The molecular formula is C11H9ClF5NO2. The number of phenolic OH excluding ortho intramolecular Hbond substituents is 1. The maximum Gasteiger partial charge on any atom is 0.257 e. The van der Waals surface area contributed by atoms with Gasteiger partial charge in [0.2, 0.25) is 5.82 Å². The highest BCUT2D eigenvalue weighted by atomic mass is 35.5. The third-order valence-corrected chi connectivity index (χ3v) is 2.53. The molecule has 1 aromatic rings. The van der Waals surface area contributed by atoms with Crippen molar-refractivity contribution in [2.45, 2.75) is 6.43 Å². The lowest BCUT2D eigenvalue weighted by Crippen LogP contribution is -2.37. The summed E-state index contributed by atoms with van der Waals surface area (Å²) in [6.07, 6.45) is -2.91. The van der Waals surface area contributed by atoms with Crippen molar-refractivity contribution in [3.63, 3.8) is 0 Å². The first-order valence-corrected chi connectivity index (χ1v) is 5.82. The van der Waals surface area contributed by atoms with Crippen LogP contribution >= 0.6 is 11.6 Å². The number of benzene rings is 1. The zero-order valence-electron chi connectivity index (χ0n) is 9.85. The summed E-state index contributed by atoms with van der Waals surface area (Å²) in [6.45, 7) is -1.39. The molecule has 0 aliphatic heterocycles. The molecule has 0 bridgehead atoms. The number of alkyl halides is 3. The van der Waals surface area contributed by atoms with Gasteiger partial charge < -0.3 is 10.0 Å². The highest BCUT2D eigenvalue weighted by Crippen LogP contribution is 2.26. The zero-order valence-corrected chi connectivity index (χ0v) is 10.6. The summed E-state index contributed by atoms with van der Waals surface area (Å²) in [7, 11) is 0. The van der Waals surface area contributed by atoms with Gasteiger partial charge >= 0.3 is 0 Å². The number of nitrogens with zero attached hydrogens (tertiary/aromatic N) is 1. The Balaban J connectivity index is 3.18. The maximum absolute atomic E-state index is 13.5. The Morgan fingerprint density at radius 2 is 1.90 bits per heavy atom. The van der Waals surface area contributed by atoms with E-state index in [9.17, 15) is 26.7 Å². The molecule has 0 saturated heterocycles. The molecule has 0 fully saturated rings. The quantitative estimate of drug-likeness (QED) is 0.515. The van der Waals surface area contributed by atoms with E-state index in [-0.39, 0.29) is 18.5 Å². The summed E-state index contributed by atoms with van der Waals surface area (Å²) in [5.74, 6) is -8.47. The van der Waals surface area contributed by atoms with E-state index in [1.807, 2.05) is 0 Å². The first kappa shape index (κ1) is 16.5. The molecule has 0 aromatic heterocycles. The number of amides is 1. The van der Waals surface area contributed by atoms with Crippen LogP contribution < -0.4 is 0 Å². The van der Waals surface area contributed by atoms with Crippen LogP contribution in [0.2, 0.25) is 0 Å². The van der Waals surface area contributed by atoms with Crippen LogP contribution in [0, 0.1) is 17.5 Å². The van der Waals surface area contributed by atoms with Crippen LogP contribution in [-0.2, 0) is 0 Å². The Hall–Kier alpha value is -1.57. The summed E-state index contributed by atoms with van der Waals surface area (Å²) in [5.41, 5.74) is -1.05. The molecule has 0 radical (unpaired) electrons. The van der Waals surface area contributed by atoms with Crippen molar-refractivity contribution in [1.82, 2.24) is 4.90 Å². The molecule has 0 heterocycles. The Labute approximate surface area is 115 Å². The summed E-state index contributed by atoms with van der Waals surface area (Å²) in [5, 5.41) is 8.98. The topological polar surface area (TPSA) is 40.5 Å². The van der Waals surface area contributed by atoms with E-state index in [4.69, 9.17) is 16.7 Å². The SMILES string of the molecule is O=C(c1cc(F)c(F)c(O)c1F)N(CCCl)CC(F)F. The van der Waals surface area contributed by atoms with Gasteiger partial charge in [0.15, 0.2) is 17.4 Å². The van der Waals surface area contributed by atoms with Crippen LogP contribution in [0.3, 0.4) is 0 Å². The smallest absolute Gasteiger partial charge is 0.257 e. The van der Waals surface area contributed by atoms with E-state index >= 15 is 0 Å². The second-order valence-corrected chi connectivity index (χ2v) is 4.09. The molecule has 0 saturated carbocycles. The van der Waals surface area contributed by atoms with Gasteiger partial charge in [0, 0.05) is 12.4 Å². The Morgan fingerprint density at radius 1 is 1.30 bits per heavy atom. The third-order valence-electron chi connectivity index (χ3n) is 2.36. The molecule has 9 heteroatoms. The molecule has 1 amide bonds. The van der Waals surface area contributed by atoms with Crippen LogP contribution in [0.5, 0.6) is 5.75 Å². The average molecular weight is 318 g/mol. The predicted molar refractivity (Wildman–Crippen MR) is 60.6 cm³/mol.